The van der Waals surface area contributed by atoms with Gasteiger partial charge in [0.05, 0.1) is 18.8 Å². The maximum Gasteiger partial charge on any atom is 0.243 e. The van der Waals surface area contributed by atoms with Gasteiger partial charge in [-0.05, 0) is 30.5 Å². The second-order valence-corrected chi connectivity index (χ2v) is 9.93. The topological polar surface area (TPSA) is 117 Å². The Labute approximate surface area is 216 Å². The molecule has 2 aromatic rings. The van der Waals surface area contributed by atoms with Crippen LogP contribution < -0.4 is 10.8 Å². The van der Waals surface area contributed by atoms with E-state index in [1.807, 2.05) is 54.6 Å². The molecule has 1 saturated heterocycles. The zero-order chi connectivity index (χ0) is 25.6. The van der Waals surface area contributed by atoms with Gasteiger partial charge in [-0.25, -0.2) is 5.48 Å². The molecule has 1 aliphatic heterocycles. The van der Waals surface area contributed by atoms with E-state index in [0.29, 0.717) is 31.4 Å². The van der Waals surface area contributed by atoms with Crippen molar-refractivity contribution in [3.8, 4) is 0 Å². The van der Waals surface area contributed by atoms with Crippen molar-refractivity contribution in [1.29, 1.82) is 0 Å². The van der Waals surface area contributed by atoms with Gasteiger partial charge in [0.1, 0.15) is 0 Å². The van der Waals surface area contributed by atoms with Crippen LogP contribution in [0, 0.1) is 0 Å². The van der Waals surface area contributed by atoms with Crippen molar-refractivity contribution in [1.82, 2.24) is 5.48 Å². The summed E-state index contributed by atoms with van der Waals surface area (Å²) in [6.07, 6.45) is 3.96. The van der Waals surface area contributed by atoms with Gasteiger partial charge in [0.25, 0.3) is 0 Å². The lowest BCUT2D eigenvalue weighted by atomic mass is 10.0. The number of carbonyl (C=O) groups excluding carboxylic acids is 2. The van der Waals surface area contributed by atoms with E-state index in [4.69, 9.17) is 19.8 Å². The molecule has 2 aromatic carbocycles. The summed E-state index contributed by atoms with van der Waals surface area (Å²) in [6.45, 7) is 0.149. The van der Waals surface area contributed by atoms with Crippen molar-refractivity contribution in [2.24, 2.45) is 0 Å². The van der Waals surface area contributed by atoms with Crippen molar-refractivity contribution in [2.45, 2.75) is 63.4 Å². The number of anilines is 1. The minimum Gasteiger partial charge on any atom is -0.396 e. The second-order valence-electron chi connectivity index (χ2n) is 8.78. The molecular formula is C27H36N2O6S. The molecule has 8 nitrogen and oxygen atoms in total. The van der Waals surface area contributed by atoms with E-state index < -0.39 is 6.29 Å². The van der Waals surface area contributed by atoms with Gasteiger partial charge in [-0.2, -0.15) is 11.8 Å². The first kappa shape index (κ1) is 28.1. The summed E-state index contributed by atoms with van der Waals surface area (Å²) >= 11 is 1.67. The lowest BCUT2D eigenvalue weighted by molar-refractivity contribution is -0.245. The molecule has 0 bridgehead atoms. The number of nitrogens with one attached hydrogen (secondary N) is 2. The Kier molecular flexibility index (Phi) is 12.2. The molecule has 0 saturated carbocycles. The molecule has 3 atom stereocenters. The molecule has 1 fully saturated rings. The van der Waals surface area contributed by atoms with Crippen LogP contribution in [-0.4, -0.2) is 46.3 Å². The molecule has 36 heavy (non-hydrogen) atoms. The molecule has 2 amide bonds. The highest BCUT2D eigenvalue weighted by Gasteiger charge is 2.32. The van der Waals surface area contributed by atoms with Crippen molar-refractivity contribution < 1.29 is 29.4 Å². The smallest absolute Gasteiger partial charge is 0.243 e. The van der Waals surface area contributed by atoms with Gasteiger partial charge in [-0.3, -0.25) is 14.8 Å². The maximum atomic E-state index is 12.3. The largest absolute Gasteiger partial charge is 0.396 e. The van der Waals surface area contributed by atoms with E-state index in [0.717, 1.165) is 41.8 Å². The summed E-state index contributed by atoms with van der Waals surface area (Å²) in [5.41, 5.74) is 4.36. The molecule has 3 unspecified atom stereocenters. The first-order chi connectivity index (χ1) is 17.6. The van der Waals surface area contributed by atoms with E-state index in [-0.39, 0.29) is 30.6 Å². The summed E-state index contributed by atoms with van der Waals surface area (Å²) < 4.78 is 12.5. The molecule has 9 heteroatoms. The van der Waals surface area contributed by atoms with Gasteiger partial charge in [0.2, 0.25) is 11.8 Å². The Morgan fingerprint density at radius 1 is 0.889 bits per heavy atom. The SMILES string of the molecule is O=C(CCCCCCC(=O)Nc1ccc(C2CC(CSCCO)OC(c3ccccc3)O2)cc1)NO. The molecule has 1 aliphatic rings. The third-order valence-corrected chi connectivity index (χ3v) is 7.02. The molecule has 3 rings (SSSR count). The minimum absolute atomic E-state index is 0.00269. The third kappa shape index (κ3) is 9.55. The number of hydrogen-bond donors (Lipinski definition) is 4. The van der Waals surface area contributed by atoms with Gasteiger partial charge in [0, 0.05) is 42.0 Å². The number of benzene rings is 2. The molecule has 0 spiro atoms. The first-order valence-electron chi connectivity index (χ1n) is 12.5. The monoisotopic (exact) mass is 516 g/mol. The summed E-state index contributed by atoms with van der Waals surface area (Å²) in [5, 5.41) is 20.5. The second kappa shape index (κ2) is 15.6. The van der Waals surface area contributed by atoms with Gasteiger partial charge >= 0.3 is 0 Å². The number of aliphatic hydroxyl groups excluding tert-OH is 1. The van der Waals surface area contributed by atoms with Gasteiger partial charge in [-0.1, -0.05) is 55.3 Å². The molecular weight excluding hydrogens is 480 g/mol. The average Bonchev–Trinajstić information content (AvgIpc) is 2.91. The fourth-order valence-electron chi connectivity index (χ4n) is 4.06. The van der Waals surface area contributed by atoms with Crippen LogP contribution in [0.15, 0.2) is 54.6 Å². The van der Waals surface area contributed by atoms with Crippen LogP contribution in [0.3, 0.4) is 0 Å². The number of aliphatic hydroxyl groups is 1. The van der Waals surface area contributed by atoms with Crippen LogP contribution in [0.5, 0.6) is 0 Å². The Balaban J connectivity index is 1.50. The highest BCUT2D eigenvalue weighted by molar-refractivity contribution is 7.99. The van der Waals surface area contributed by atoms with Crippen LogP contribution in [0.2, 0.25) is 0 Å². The van der Waals surface area contributed by atoms with E-state index in [1.165, 1.54) is 0 Å². The van der Waals surface area contributed by atoms with Gasteiger partial charge in [-0.15, -0.1) is 0 Å². The van der Waals surface area contributed by atoms with E-state index in [1.54, 1.807) is 17.2 Å². The fourth-order valence-corrected chi connectivity index (χ4v) is 4.83. The summed E-state index contributed by atoms with van der Waals surface area (Å²) in [4.78, 5) is 23.3. The quantitative estimate of drug-likeness (QED) is 0.163. The first-order valence-corrected chi connectivity index (χ1v) is 13.6. The van der Waals surface area contributed by atoms with Gasteiger partial charge in [0.15, 0.2) is 6.29 Å². The van der Waals surface area contributed by atoms with E-state index in [2.05, 4.69) is 5.32 Å². The fraction of sp³-hybridized carbons (Fsp3) is 0.481. The molecule has 0 aromatic heterocycles. The standard InChI is InChI=1S/C27H36N2O6S/c30-16-17-36-19-23-18-24(35-27(34-23)21-8-4-3-5-9-21)20-12-14-22(15-13-20)28-25(31)10-6-1-2-7-11-26(32)29-33/h3-5,8-9,12-15,23-24,27,30,33H,1-2,6-7,10-11,16-19H2,(H,28,31)(H,29,32). The number of hydrogen-bond acceptors (Lipinski definition) is 7. The van der Waals surface area contributed by atoms with Crippen molar-refractivity contribution in [3.63, 3.8) is 0 Å². The lowest BCUT2D eigenvalue weighted by Crippen LogP contribution is -2.31. The highest BCUT2D eigenvalue weighted by atomic mass is 32.2. The number of hydroxylamine groups is 1. The number of rotatable bonds is 14. The zero-order valence-electron chi connectivity index (χ0n) is 20.4. The van der Waals surface area contributed by atoms with E-state index >= 15 is 0 Å². The predicted molar refractivity (Wildman–Crippen MR) is 140 cm³/mol. The van der Waals surface area contributed by atoms with Crippen LogP contribution in [0.25, 0.3) is 0 Å². The van der Waals surface area contributed by atoms with Crippen molar-refractivity contribution in [3.05, 3.63) is 65.7 Å². The molecule has 0 aliphatic carbocycles. The number of carbonyl (C=O) groups is 2. The van der Waals surface area contributed by atoms with E-state index in [9.17, 15) is 9.59 Å². The Morgan fingerprint density at radius 2 is 1.58 bits per heavy atom. The van der Waals surface area contributed by atoms with Gasteiger partial charge < -0.3 is 19.9 Å². The molecule has 196 valence electrons. The highest BCUT2D eigenvalue weighted by Crippen LogP contribution is 2.38. The molecule has 0 radical (unpaired) electrons. The summed E-state index contributed by atoms with van der Waals surface area (Å²) in [6, 6.07) is 17.6. The Morgan fingerprint density at radius 3 is 2.25 bits per heavy atom. The van der Waals surface area contributed by atoms with Crippen molar-refractivity contribution in [2.75, 3.05) is 23.4 Å². The number of ether oxygens (including phenoxy) is 2. The predicted octanol–water partition coefficient (Wildman–Crippen LogP) is 4.74. The minimum atomic E-state index is -0.456. The number of amides is 2. The van der Waals surface area contributed by atoms with Crippen LogP contribution in [0.4, 0.5) is 5.69 Å². The Hall–Kier alpha value is -2.43. The van der Waals surface area contributed by atoms with Crippen molar-refractivity contribution >= 4 is 29.3 Å². The Bertz CT molecular complexity index is 928. The van der Waals surface area contributed by atoms with Crippen LogP contribution in [0.1, 0.15) is 68.5 Å². The third-order valence-electron chi connectivity index (χ3n) is 5.94. The normalized spacial score (nSPS) is 19.6. The maximum absolute atomic E-state index is 12.3. The lowest BCUT2D eigenvalue weighted by Gasteiger charge is -2.36. The zero-order valence-corrected chi connectivity index (χ0v) is 21.3. The van der Waals surface area contributed by atoms with Crippen LogP contribution >= 0.6 is 11.8 Å². The average molecular weight is 517 g/mol. The number of unbranched alkanes of at least 4 members (excludes halogenated alkanes) is 3. The summed E-state index contributed by atoms with van der Waals surface area (Å²) in [7, 11) is 0. The van der Waals surface area contributed by atoms with Crippen LogP contribution in [-0.2, 0) is 19.1 Å². The molecule has 1 heterocycles. The molecule has 4 N–H and O–H groups in total. The summed E-state index contributed by atoms with van der Waals surface area (Å²) in [5.74, 6) is 1.04. The number of thioether (sulfide) groups is 1.